The average molecular weight is 1280 g/mol. The van der Waals surface area contributed by atoms with Crippen LogP contribution in [0.1, 0.15) is 7.43 Å². The van der Waals surface area contributed by atoms with Crippen molar-refractivity contribution in [2.45, 2.75) is 7.43 Å². The number of benzene rings is 18. The minimum Gasteiger partial charge on any atom is -0.455 e. The Morgan fingerprint density at radius 3 is 0.979 bits per heavy atom. The van der Waals surface area contributed by atoms with Crippen molar-refractivity contribution in [3.63, 3.8) is 0 Å². The fourth-order valence-electron chi connectivity index (χ4n) is 15.3. The third-order valence-corrected chi connectivity index (χ3v) is 19.7. The van der Waals surface area contributed by atoms with E-state index in [1.165, 1.54) is 114 Å². The molecule has 4 nitrogen and oxygen atoms in total. The van der Waals surface area contributed by atoms with Gasteiger partial charge in [-0.25, -0.2) is 0 Å². The first-order chi connectivity index (χ1) is 46.4. The zero-order valence-electron chi connectivity index (χ0n) is 50.7. The van der Waals surface area contributed by atoms with Crippen LogP contribution in [0, 0.1) is 0 Å². The van der Waals surface area contributed by atoms with Crippen LogP contribution < -0.4 is 5.46 Å². The van der Waals surface area contributed by atoms with E-state index < -0.39 is 7.12 Å². The van der Waals surface area contributed by atoms with Crippen molar-refractivity contribution in [2.24, 2.45) is 0 Å². The number of rotatable bonds is 4. The molecule has 0 aliphatic heterocycles. The van der Waals surface area contributed by atoms with Crippen molar-refractivity contribution < 1.29 is 18.9 Å². The summed E-state index contributed by atoms with van der Waals surface area (Å²) in [7, 11) is -1.53. The predicted octanol–water partition coefficient (Wildman–Crippen LogP) is 24.5. The van der Waals surface area contributed by atoms with Gasteiger partial charge in [0.25, 0.3) is 0 Å². The first kappa shape index (κ1) is 57.5. The van der Waals surface area contributed by atoms with Crippen molar-refractivity contribution in [3.05, 3.63) is 320 Å². The molecule has 0 fully saturated rings. The smallest absolute Gasteiger partial charge is 0.455 e. The molecule has 0 bridgehead atoms. The molecule has 0 amide bonds. The van der Waals surface area contributed by atoms with Gasteiger partial charge >= 0.3 is 7.12 Å². The van der Waals surface area contributed by atoms with Crippen LogP contribution >= 0.6 is 15.9 Å². The molecule has 0 aliphatic carbocycles. The second-order valence-electron chi connectivity index (χ2n) is 24.3. The lowest BCUT2D eigenvalue weighted by Crippen LogP contribution is -2.31. The summed E-state index contributed by atoms with van der Waals surface area (Å²) in [5, 5.41) is 48.4. The second-order valence-corrected chi connectivity index (χ2v) is 25.2. The predicted molar refractivity (Wildman–Crippen MR) is 410 cm³/mol. The molecule has 2 heterocycles. The SMILES string of the molecule is Brc1ccc2oc3c4ccccc4c4ccccc4c3c2c1.C.OB(O)c1c2ccccc2c(-c2cccc3ccccc23)c2ccccc12.c1ccc2c(-c3c4ccccc4c(-c4ccc5oc6c7ccccc7c7ccccc7c6c5c4)c4ccccc34)cccc2c1. The second kappa shape index (κ2) is 23.3. The van der Waals surface area contributed by atoms with Gasteiger partial charge in [0, 0.05) is 36.8 Å². The summed E-state index contributed by atoms with van der Waals surface area (Å²) in [6.07, 6.45) is 0. The molecule has 2 N–H and O–H groups in total. The lowest BCUT2D eigenvalue weighted by atomic mass is 9.72. The normalized spacial score (nSPS) is 11.7. The van der Waals surface area contributed by atoms with Gasteiger partial charge in [-0.3, -0.25) is 0 Å². The number of furan rings is 2. The Balaban J connectivity index is 0.000000117. The maximum atomic E-state index is 10.1. The zero-order valence-corrected chi connectivity index (χ0v) is 52.3. The van der Waals surface area contributed by atoms with E-state index in [2.05, 4.69) is 277 Å². The van der Waals surface area contributed by atoms with E-state index in [4.69, 9.17) is 8.83 Å². The Bertz CT molecular complexity index is 6370. The molecule has 18 aromatic carbocycles. The molecule has 0 unspecified atom stereocenters. The highest BCUT2D eigenvalue weighted by molar-refractivity contribution is 9.10. The number of halogens is 1. The van der Waals surface area contributed by atoms with Crippen LogP contribution in [-0.4, -0.2) is 17.2 Å². The van der Waals surface area contributed by atoms with Gasteiger partial charge in [0.1, 0.15) is 22.3 Å². The van der Waals surface area contributed by atoms with Crippen LogP contribution in [0.4, 0.5) is 0 Å². The Morgan fingerprint density at radius 1 is 0.253 bits per heavy atom. The van der Waals surface area contributed by atoms with E-state index in [1.54, 1.807) is 0 Å². The molecule has 20 rings (SSSR count). The maximum absolute atomic E-state index is 10.1. The third kappa shape index (κ3) is 9.28. The fraction of sp³-hybridized carbons (Fsp3) is 0.0112. The number of hydrogen-bond donors (Lipinski definition) is 2. The molecule has 20 aromatic rings. The van der Waals surface area contributed by atoms with E-state index in [9.17, 15) is 10.0 Å². The van der Waals surface area contributed by atoms with Crippen LogP contribution in [0.3, 0.4) is 0 Å². The molecule has 0 saturated carbocycles. The van der Waals surface area contributed by atoms with Crippen molar-refractivity contribution in [1.29, 1.82) is 0 Å². The Morgan fingerprint density at radius 2 is 0.558 bits per heavy atom. The fourth-order valence-corrected chi connectivity index (χ4v) is 15.6. The van der Waals surface area contributed by atoms with Crippen molar-refractivity contribution in [3.8, 4) is 33.4 Å². The summed E-state index contributed by atoms with van der Waals surface area (Å²) < 4.78 is 13.9. The summed E-state index contributed by atoms with van der Waals surface area (Å²) in [6, 6.07) is 111. The van der Waals surface area contributed by atoms with Crippen LogP contribution in [0.5, 0.6) is 0 Å². The molecule has 0 aliphatic rings. The zero-order chi connectivity index (χ0) is 62.5. The molecule has 95 heavy (non-hydrogen) atoms. The lowest BCUT2D eigenvalue weighted by molar-refractivity contribution is 0.426. The number of hydrogen-bond acceptors (Lipinski definition) is 4. The largest absolute Gasteiger partial charge is 0.489 e. The van der Waals surface area contributed by atoms with E-state index in [1.807, 2.05) is 54.6 Å². The minimum absolute atomic E-state index is 0. The highest BCUT2D eigenvalue weighted by atomic mass is 79.9. The van der Waals surface area contributed by atoms with E-state index in [-0.39, 0.29) is 7.43 Å². The third-order valence-electron chi connectivity index (χ3n) is 19.2. The van der Waals surface area contributed by atoms with E-state index in [0.717, 1.165) is 75.6 Å². The van der Waals surface area contributed by atoms with Gasteiger partial charge in [-0.05, 0) is 166 Å². The van der Waals surface area contributed by atoms with Crippen molar-refractivity contribution in [2.75, 3.05) is 0 Å². The van der Waals surface area contributed by atoms with Gasteiger partial charge < -0.3 is 18.9 Å². The lowest BCUT2D eigenvalue weighted by Gasteiger charge is -2.18. The molecule has 0 atom stereocenters. The Kier molecular flexibility index (Phi) is 14.1. The van der Waals surface area contributed by atoms with Crippen LogP contribution in [0.15, 0.2) is 329 Å². The van der Waals surface area contributed by atoms with E-state index >= 15 is 0 Å². The summed E-state index contributed by atoms with van der Waals surface area (Å²) in [4.78, 5) is 0. The highest BCUT2D eigenvalue weighted by Crippen LogP contribution is 2.49. The molecule has 0 radical (unpaired) electrons. The molecular formula is C89H58BBrO4. The minimum atomic E-state index is -1.53. The quantitative estimate of drug-likeness (QED) is 0.105. The maximum Gasteiger partial charge on any atom is 0.489 e. The average Bonchev–Trinajstić information content (AvgIpc) is 1.73. The van der Waals surface area contributed by atoms with Crippen molar-refractivity contribution in [1.82, 2.24) is 0 Å². The molecule has 2 aromatic heterocycles. The molecule has 448 valence electrons. The summed E-state index contributed by atoms with van der Waals surface area (Å²) in [5.41, 5.74) is 11.6. The highest BCUT2D eigenvalue weighted by Gasteiger charge is 2.25. The monoisotopic (exact) mass is 1280 g/mol. The van der Waals surface area contributed by atoms with Gasteiger partial charge in [0.2, 0.25) is 0 Å². The molecule has 0 saturated heterocycles. The molecule has 0 spiro atoms. The summed E-state index contributed by atoms with van der Waals surface area (Å²) in [6.45, 7) is 0. The Labute approximate surface area is 556 Å². The van der Waals surface area contributed by atoms with Crippen LogP contribution in [0.2, 0.25) is 0 Å². The van der Waals surface area contributed by atoms with Crippen LogP contribution in [0.25, 0.3) is 185 Å². The molecular weight excluding hydrogens is 1220 g/mol. The van der Waals surface area contributed by atoms with E-state index in [0.29, 0.717) is 5.46 Å². The summed E-state index contributed by atoms with van der Waals surface area (Å²) in [5.74, 6) is 0. The van der Waals surface area contributed by atoms with Gasteiger partial charge in [-0.2, -0.15) is 0 Å². The topological polar surface area (TPSA) is 66.7 Å². The van der Waals surface area contributed by atoms with Gasteiger partial charge in [-0.1, -0.05) is 308 Å². The van der Waals surface area contributed by atoms with Gasteiger partial charge in [0.15, 0.2) is 0 Å². The van der Waals surface area contributed by atoms with Gasteiger partial charge in [-0.15, -0.1) is 0 Å². The van der Waals surface area contributed by atoms with Gasteiger partial charge in [0.05, 0.1) is 0 Å². The Hall–Kier alpha value is -11.4. The standard InChI is InChI=1S/C44H26O.C24H17BO2.C20H11BrO.CH4/c1-2-14-29-27(12-1)13-11-23-32(29)42-36-20-8-6-18-34(36)41(35-19-7-9-21-37(35)42)28-24-25-40-39(26-28)43-33-17-5-3-15-30(33)31-16-4-10-22-38(31)44(43)45-40;26-25(27)24-21-13-5-3-11-19(21)23(20-12-4-6-14-22(20)24)18-15-7-9-16-8-1-2-10-17(16)18;21-12-9-10-18-17(11-12)19-15-7-3-1-5-13(15)14-6-2-4-8-16(14)20(19)22-18;/h1-26H;1-15,26-27H;1-11H;1H4. The van der Waals surface area contributed by atoms with Crippen molar-refractivity contribution >= 4 is 180 Å². The first-order valence-corrected chi connectivity index (χ1v) is 32.6. The molecule has 6 heteroatoms. The van der Waals surface area contributed by atoms with Crippen LogP contribution in [-0.2, 0) is 0 Å². The first-order valence-electron chi connectivity index (χ1n) is 31.8. The number of fused-ring (bicyclic) bond motifs is 22. The summed E-state index contributed by atoms with van der Waals surface area (Å²) >= 11 is 3.57.